The fourth-order valence-corrected chi connectivity index (χ4v) is 2.79. The molecule has 0 spiro atoms. The van der Waals surface area contributed by atoms with Crippen LogP contribution in [0.3, 0.4) is 0 Å². The number of carbonyl (C=O) groups excluding carboxylic acids is 1. The Kier molecular flexibility index (Phi) is 7.91. The molecule has 0 aliphatic carbocycles. The number of carbonyl (C=O) groups is 2. The molecule has 1 N–H and O–H groups in total. The lowest BCUT2D eigenvalue weighted by atomic mass is 9.91. The van der Waals surface area contributed by atoms with Gasteiger partial charge in [-0.25, -0.2) is 9.59 Å². The van der Waals surface area contributed by atoms with Crippen LogP contribution in [0.4, 0.5) is 26.3 Å². The summed E-state index contributed by atoms with van der Waals surface area (Å²) < 4.78 is 99.2. The van der Waals surface area contributed by atoms with Crippen molar-refractivity contribution >= 4 is 11.9 Å². The number of hydrogen-bond donors (Lipinski definition) is 1. The fraction of sp³-hybridized carbons (Fsp3) is 0.474. The molecule has 1 saturated heterocycles. The summed E-state index contributed by atoms with van der Waals surface area (Å²) in [6, 6.07) is 0.478. The predicted molar refractivity (Wildman–Crippen MR) is 93.3 cm³/mol. The maximum absolute atomic E-state index is 13.2. The average molecular weight is 472 g/mol. The average Bonchev–Trinajstić information content (AvgIpc) is 2.70. The van der Waals surface area contributed by atoms with Crippen LogP contribution in [-0.4, -0.2) is 55.4 Å². The Hall–Kier alpha value is -2.64. The number of aliphatic carboxylic acids is 1. The lowest BCUT2D eigenvalue weighted by molar-refractivity contribution is -0.260. The van der Waals surface area contributed by atoms with Crippen molar-refractivity contribution in [2.75, 3.05) is 26.4 Å². The monoisotopic (exact) mass is 472 g/mol. The number of halogens is 6. The molecule has 13 heteroatoms. The Balaban J connectivity index is 2.57. The normalized spacial score (nSPS) is 19.1. The number of alkyl halides is 6. The smallest absolute Gasteiger partial charge is 0.416 e. The second-order valence-corrected chi connectivity index (χ2v) is 6.60. The summed E-state index contributed by atoms with van der Waals surface area (Å²) >= 11 is 0. The first-order valence-corrected chi connectivity index (χ1v) is 8.96. The Morgan fingerprint density at radius 3 is 2.12 bits per heavy atom. The highest BCUT2D eigenvalue weighted by atomic mass is 19.4. The molecule has 2 rings (SSSR count). The molecule has 1 aromatic carbocycles. The number of carboxylic acid groups (broad SMARTS) is 1. The summed E-state index contributed by atoms with van der Waals surface area (Å²) in [5.74, 6) is -3.57. The topological polar surface area (TPSA) is 91.3 Å². The molecular formula is C19H18F6O7. The highest BCUT2D eigenvalue weighted by Crippen LogP contribution is 2.37. The van der Waals surface area contributed by atoms with Crippen molar-refractivity contribution in [2.45, 2.75) is 30.7 Å². The van der Waals surface area contributed by atoms with E-state index in [-0.39, 0.29) is 25.9 Å². The largest absolute Gasteiger partial charge is 0.479 e. The molecule has 1 aliphatic heterocycles. The first kappa shape index (κ1) is 25.6. The second-order valence-electron chi connectivity index (χ2n) is 6.60. The van der Waals surface area contributed by atoms with Gasteiger partial charge in [0, 0.05) is 6.42 Å². The molecular weight excluding hydrogens is 454 g/mol. The van der Waals surface area contributed by atoms with Gasteiger partial charge in [0.15, 0.2) is 6.29 Å². The summed E-state index contributed by atoms with van der Waals surface area (Å²) in [5.41, 5.74) is -7.17. The molecule has 1 aromatic rings. The van der Waals surface area contributed by atoms with Crippen LogP contribution in [0.25, 0.3) is 0 Å². The van der Waals surface area contributed by atoms with Crippen LogP contribution in [-0.2, 0) is 47.3 Å². The van der Waals surface area contributed by atoms with Crippen LogP contribution in [0.2, 0.25) is 0 Å². The zero-order valence-corrected chi connectivity index (χ0v) is 16.3. The van der Waals surface area contributed by atoms with E-state index in [9.17, 15) is 41.0 Å². The predicted octanol–water partition coefficient (Wildman–Crippen LogP) is 3.21. The second kappa shape index (κ2) is 9.88. The molecule has 2 unspecified atom stereocenters. The Morgan fingerprint density at radius 1 is 1.09 bits per heavy atom. The minimum Gasteiger partial charge on any atom is -0.479 e. The molecule has 0 aromatic heterocycles. The first-order chi connectivity index (χ1) is 14.8. The van der Waals surface area contributed by atoms with E-state index in [4.69, 9.17) is 18.9 Å². The first-order valence-electron chi connectivity index (χ1n) is 8.96. The van der Waals surface area contributed by atoms with Gasteiger partial charge in [0.1, 0.15) is 6.61 Å². The molecule has 1 aliphatic rings. The molecule has 2 atom stereocenters. The van der Waals surface area contributed by atoms with Crippen LogP contribution < -0.4 is 0 Å². The van der Waals surface area contributed by atoms with Gasteiger partial charge in [0.2, 0.25) is 0 Å². The van der Waals surface area contributed by atoms with Gasteiger partial charge < -0.3 is 24.1 Å². The van der Waals surface area contributed by atoms with Gasteiger partial charge in [-0.1, -0.05) is 12.7 Å². The number of carboxylic acids is 1. The Morgan fingerprint density at radius 2 is 1.69 bits per heavy atom. The highest BCUT2D eigenvalue weighted by molar-refractivity contribution is 6.03. The molecule has 7 nitrogen and oxygen atoms in total. The van der Waals surface area contributed by atoms with E-state index >= 15 is 0 Å². The molecule has 0 bridgehead atoms. The summed E-state index contributed by atoms with van der Waals surface area (Å²) in [4.78, 5) is 24.7. The van der Waals surface area contributed by atoms with Gasteiger partial charge in [0.25, 0.3) is 5.60 Å². The standard InChI is InChI=1S/C19H18F6O7/c1-2-3-31-16(28)17(15(26)27,32-14-10-29-4-5-30-14)9-11-6-12(18(20,21)22)8-13(7-11)19(23,24)25/h2,6-8,14H,1,3-5,9-10H2,(H,26,27). The van der Waals surface area contributed by atoms with E-state index in [1.54, 1.807) is 0 Å². The number of esters is 1. The van der Waals surface area contributed by atoms with Gasteiger partial charge in [0.05, 0.1) is 30.9 Å². The van der Waals surface area contributed by atoms with E-state index < -0.39 is 65.9 Å². The quantitative estimate of drug-likeness (QED) is 0.269. The zero-order valence-electron chi connectivity index (χ0n) is 16.3. The third kappa shape index (κ3) is 6.20. The van der Waals surface area contributed by atoms with Crippen molar-refractivity contribution in [3.05, 3.63) is 47.5 Å². The van der Waals surface area contributed by atoms with Crippen molar-refractivity contribution in [2.24, 2.45) is 0 Å². The van der Waals surface area contributed by atoms with Gasteiger partial charge in [-0.15, -0.1) is 0 Å². The number of ether oxygens (including phenoxy) is 4. The Labute approximate surface area is 177 Å². The SMILES string of the molecule is C=CCOC(=O)C(Cc1cc(C(F)(F)F)cc(C(F)(F)F)c1)(OC1COCCO1)C(=O)O. The van der Waals surface area contributed by atoms with Crippen LogP contribution in [0.15, 0.2) is 30.9 Å². The van der Waals surface area contributed by atoms with E-state index in [0.29, 0.717) is 12.1 Å². The molecule has 1 fully saturated rings. The molecule has 1 heterocycles. The van der Waals surface area contributed by atoms with Gasteiger partial charge in [-0.2, -0.15) is 26.3 Å². The number of rotatable bonds is 8. The lowest BCUT2D eigenvalue weighted by Crippen LogP contribution is -2.55. The van der Waals surface area contributed by atoms with Crippen molar-refractivity contribution < 1.29 is 60.0 Å². The number of benzene rings is 1. The summed E-state index contributed by atoms with van der Waals surface area (Å²) in [6.45, 7) is 2.53. The molecule has 32 heavy (non-hydrogen) atoms. The van der Waals surface area contributed by atoms with Gasteiger partial charge >= 0.3 is 24.3 Å². The molecule has 0 saturated carbocycles. The minimum atomic E-state index is -5.17. The maximum atomic E-state index is 13.2. The summed E-state index contributed by atoms with van der Waals surface area (Å²) in [5, 5.41) is 9.75. The van der Waals surface area contributed by atoms with Crippen LogP contribution >= 0.6 is 0 Å². The zero-order chi connectivity index (χ0) is 24.2. The van der Waals surface area contributed by atoms with Crippen LogP contribution in [0.5, 0.6) is 0 Å². The third-order valence-corrected chi connectivity index (χ3v) is 4.23. The maximum Gasteiger partial charge on any atom is 0.416 e. The minimum absolute atomic E-state index is 0.0517. The lowest BCUT2D eigenvalue weighted by Gasteiger charge is -2.33. The Bertz CT molecular complexity index is 813. The summed E-state index contributed by atoms with van der Waals surface area (Å²) in [6.07, 6.45) is -11.9. The van der Waals surface area contributed by atoms with Crippen molar-refractivity contribution in [1.82, 2.24) is 0 Å². The van der Waals surface area contributed by atoms with Crippen LogP contribution in [0, 0.1) is 0 Å². The number of hydrogen-bond acceptors (Lipinski definition) is 6. The van der Waals surface area contributed by atoms with Gasteiger partial charge in [-0.3, -0.25) is 0 Å². The fourth-order valence-electron chi connectivity index (χ4n) is 2.79. The van der Waals surface area contributed by atoms with Gasteiger partial charge in [-0.05, 0) is 23.8 Å². The van der Waals surface area contributed by atoms with E-state index in [2.05, 4.69) is 6.58 Å². The van der Waals surface area contributed by atoms with Crippen molar-refractivity contribution in [1.29, 1.82) is 0 Å². The summed E-state index contributed by atoms with van der Waals surface area (Å²) in [7, 11) is 0. The van der Waals surface area contributed by atoms with E-state index in [0.717, 1.165) is 6.08 Å². The molecule has 0 radical (unpaired) electrons. The van der Waals surface area contributed by atoms with E-state index in [1.807, 2.05) is 0 Å². The van der Waals surface area contributed by atoms with Crippen LogP contribution in [0.1, 0.15) is 16.7 Å². The van der Waals surface area contributed by atoms with E-state index in [1.165, 1.54) is 0 Å². The van der Waals surface area contributed by atoms with Crippen molar-refractivity contribution in [3.63, 3.8) is 0 Å². The van der Waals surface area contributed by atoms with Crippen molar-refractivity contribution in [3.8, 4) is 0 Å². The molecule has 0 amide bonds. The highest BCUT2D eigenvalue weighted by Gasteiger charge is 2.52. The molecule has 178 valence electrons. The third-order valence-electron chi connectivity index (χ3n) is 4.23.